The molecule has 0 amide bonds. The van der Waals surface area contributed by atoms with Crippen LogP contribution in [0.4, 0.5) is 0 Å². The highest BCUT2D eigenvalue weighted by Gasteiger charge is 2.58. The first-order valence-corrected chi connectivity index (χ1v) is 13.2. The van der Waals surface area contributed by atoms with E-state index in [1.807, 2.05) is 5.57 Å². The van der Waals surface area contributed by atoms with Crippen LogP contribution in [0.25, 0.3) is 0 Å². The van der Waals surface area contributed by atoms with Gasteiger partial charge in [0.1, 0.15) is 0 Å². The van der Waals surface area contributed by atoms with E-state index < -0.39 is 0 Å². The molecule has 7 atom stereocenters. The minimum absolute atomic E-state index is 0. The lowest BCUT2D eigenvalue weighted by Crippen LogP contribution is -2.50. The van der Waals surface area contributed by atoms with E-state index in [1.54, 1.807) is 5.57 Å². The normalized spacial score (nSPS) is 41.2. The summed E-state index contributed by atoms with van der Waals surface area (Å²) < 4.78 is 0. The molecular formula is C31H58. The largest absolute Gasteiger partial charge is 0.0856 e. The molecule has 182 valence electrons. The summed E-state index contributed by atoms with van der Waals surface area (Å²) in [5.41, 5.74) is 4.70. The highest BCUT2D eigenvalue weighted by atomic mass is 14.6. The van der Waals surface area contributed by atoms with Crippen molar-refractivity contribution in [1.82, 2.24) is 0 Å². The van der Waals surface area contributed by atoms with Gasteiger partial charge in [0.2, 0.25) is 0 Å². The van der Waals surface area contributed by atoms with E-state index in [2.05, 4.69) is 60.6 Å². The zero-order valence-corrected chi connectivity index (χ0v) is 20.8. The maximum atomic E-state index is 2.68. The Morgan fingerprint density at radius 3 is 2.23 bits per heavy atom. The van der Waals surface area contributed by atoms with Crippen molar-refractivity contribution in [2.75, 3.05) is 0 Å². The van der Waals surface area contributed by atoms with Crippen LogP contribution in [0.5, 0.6) is 0 Å². The Morgan fingerprint density at radius 2 is 1.61 bits per heavy atom. The van der Waals surface area contributed by atoms with Crippen LogP contribution < -0.4 is 0 Å². The fraction of sp³-hybridized carbons (Fsp3) is 0.871. The second kappa shape index (κ2) is 11.6. The Morgan fingerprint density at radius 1 is 0.935 bits per heavy atom. The lowest BCUT2D eigenvalue weighted by Gasteiger charge is -2.58. The van der Waals surface area contributed by atoms with Gasteiger partial charge in [0.05, 0.1) is 0 Å². The summed E-state index contributed by atoms with van der Waals surface area (Å²) in [4.78, 5) is 0. The third-order valence-corrected chi connectivity index (χ3v) is 9.92. The molecule has 3 fully saturated rings. The third kappa shape index (κ3) is 5.19. The molecule has 0 nitrogen and oxygen atoms in total. The zero-order chi connectivity index (χ0) is 21.2. The van der Waals surface area contributed by atoms with Crippen LogP contribution in [0.1, 0.15) is 134 Å². The number of unbranched alkanes of at least 4 members (excludes halogenated alkanes) is 1. The molecule has 0 heterocycles. The average Bonchev–Trinajstić information content (AvgIpc) is 3.06. The number of rotatable bonds is 3. The quantitative estimate of drug-likeness (QED) is 0.390. The van der Waals surface area contributed by atoms with Gasteiger partial charge >= 0.3 is 0 Å². The van der Waals surface area contributed by atoms with Crippen molar-refractivity contribution in [3.8, 4) is 0 Å². The van der Waals surface area contributed by atoms with E-state index in [-0.39, 0.29) is 14.9 Å². The van der Waals surface area contributed by atoms with Crippen LogP contribution in [-0.4, -0.2) is 0 Å². The SMILES string of the molecule is C.C.CC/C=C(\C)C1CCC2C3CCC4=CC(C)CCC4(C)C3CCC12C.CCCC. The molecule has 4 aliphatic carbocycles. The van der Waals surface area contributed by atoms with E-state index in [4.69, 9.17) is 0 Å². The molecule has 0 N–H and O–H groups in total. The molecule has 4 rings (SSSR count). The van der Waals surface area contributed by atoms with Gasteiger partial charge in [-0.1, -0.05) is 92.5 Å². The molecule has 0 aromatic carbocycles. The van der Waals surface area contributed by atoms with Crippen molar-refractivity contribution in [2.45, 2.75) is 134 Å². The molecule has 4 aliphatic rings. The average molecular weight is 431 g/mol. The number of hydrogen-bond acceptors (Lipinski definition) is 0. The summed E-state index contributed by atoms with van der Waals surface area (Å²) in [6.07, 6.45) is 20.8. The summed E-state index contributed by atoms with van der Waals surface area (Å²) >= 11 is 0. The van der Waals surface area contributed by atoms with Gasteiger partial charge in [0.15, 0.2) is 0 Å². The van der Waals surface area contributed by atoms with Crippen LogP contribution in [-0.2, 0) is 0 Å². The predicted octanol–water partition coefficient (Wildman–Crippen LogP) is 10.6. The summed E-state index contributed by atoms with van der Waals surface area (Å²) in [5.74, 6) is 4.68. The monoisotopic (exact) mass is 430 g/mol. The highest BCUT2D eigenvalue weighted by molar-refractivity contribution is 5.25. The first-order chi connectivity index (χ1) is 13.8. The van der Waals surface area contributed by atoms with E-state index >= 15 is 0 Å². The maximum Gasteiger partial charge on any atom is -0.00851 e. The van der Waals surface area contributed by atoms with Gasteiger partial charge < -0.3 is 0 Å². The lowest BCUT2D eigenvalue weighted by molar-refractivity contribution is -0.0479. The standard InChI is InChI=1S/C25H40.C4H10.2CH4/c1-6-7-18(3)21-10-11-22-20-9-8-19-16-17(2)12-14-24(19,4)23(20)13-15-25(21,22)5;1-3-4-2;;/h7,16-17,20-23H,6,8-15H2,1-5H3;3-4H2,1-2H3;2*1H4/b18-7+;;;. The molecule has 0 aliphatic heterocycles. The molecule has 0 aromatic heterocycles. The Kier molecular flexibility index (Phi) is 10.6. The third-order valence-electron chi connectivity index (χ3n) is 9.92. The molecule has 0 bridgehead atoms. The number of fused-ring (bicyclic) bond motifs is 5. The Bertz CT molecular complexity index is 608. The number of allylic oxidation sites excluding steroid dienone is 4. The fourth-order valence-corrected chi connectivity index (χ4v) is 8.11. The first kappa shape index (κ1) is 28.5. The van der Waals surface area contributed by atoms with Crippen LogP contribution in [0.3, 0.4) is 0 Å². The zero-order valence-electron chi connectivity index (χ0n) is 20.8. The van der Waals surface area contributed by atoms with Gasteiger partial charge in [0, 0.05) is 0 Å². The lowest BCUT2D eigenvalue weighted by atomic mass is 9.46. The van der Waals surface area contributed by atoms with Crippen molar-refractivity contribution in [2.24, 2.45) is 40.4 Å². The second-order valence-electron chi connectivity index (χ2n) is 11.6. The van der Waals surface area contributed by atoms with Crippen molar-refractivity contribution in [1.29, 1.82) is 0 Å². The topological polar surface area (TPSA) is 0 Å². The summed E-state index contributed by atoms with van der Waals surface area (Å²) in [6, 6.07) is 0. The van der Waals surface area contributed by atoms with Gasteiger partial charge in [0.25, 0.3) is 0 Å². The fourth-order valence-electron chi connectivity index (χ4n) is 8.11. The molecule has 0 heteroatoms. The summed E-state index contributed by atoms with van der Waals surface area (Å²) in [7, 11) is 0. The van der Waals surface area contributed by atoms with Crippen LogP contribution in [0.2, 0.25) is 0 Å². The molecule has 31 heavy (non-hydrogen) atoms. The van der Waals surface area contributed by atoms with Crippen LogP contribution in [0, 0.1) is 40.4 Å². The summed E-state index contributed by atoms with van der Waals surface area (Å²) in [6.45, 7) is 16.9. The maximum absolute atomic E-state index is 2.68. The van der Waals surface area contributed by atoms with Gasteiger partial charge in [-0.05, 0) is 105 Å². The number of hydrogen-bond donors (Lipinski definition) is 0. The molecule has 0 spiro atoms. The molecule has 7 unspecified atom stereocenters. The molecule has 3 saturated carbocycles. The molecule has 0 aromatic rings. The van der Waals surface area contributed by atoms with E-state index in [9.17, 15) is 0 Å². The van der Waals surface area contributed by atoms with Crippen molar-refractivity contribution in [3.63, 3.8) is 0 Å². The highest BCUT2D eigenvalue weighted by Crippen LogP contribution is 2.67. The van der Waals surface area contributed by atoms with Gasteiger partial charge in [-0.15, -0.1) is 0 Å². The molecule has 0 saturated heterocycles. The van der Waals surface area contributed by atoms with Crippen LogP contribution >= 0.6 is 0 Å². The molecule has 0 radical (unpaired) electrons. The minimum Gasteiger partial charge on any atom is -0.0856 e. The van der Waals surface area contributed by atoms with Crippen molar-refractivity contribution in [3.05, 3.63) is 23.3 Å². The summed E-state index contributed by atoms with van der Waals surface area (Å²) in [5, 5.41) is 0. The second-order valence-corrected chi connectivity index (χ2v) is 11.6. The predicted molar refractivity (Wildman–Crippen MR) is 142 cm³/mol. The Labute approximate surface area is 197 Å². The minimum atomic E-state index is 0. The van der Waals surface area contributed by atoms with Gasteiger partial charge in [-0.2, -0.15) is 0 Å². The van der Waals surface area contributed by atoms with Gasteiger partial charge in [-0.25, -0.2) is 0 Å². The van der Waals surface area contributed by atoms with Crippen LogP contribution in [0.15, 0.2) is 23.3 Å². The van der Waals surface area contributed by atoms with Gasteiger partial charge in [-0.3, -0.25) is 0 Å². The van der Waals surface area contributed by atoms with E-state index in [1.165, 1.54) is 70.6 Å². The van der Waals surface area contributed by atoms with Crippen molar-refractivity contribution >= 4 is 0 Å². The first-order valence-electron chi connectivity index (χ1n) is 13.2. The Hall–Kier alpha value is -0.520. The molecular weight excluding hydrogens is 372 g/mol. The van der Waals surface area contributed by atoms with E-state index in [0.717, 1.165) is 29.6 Å². The van der Waals surface area contributed by atoms with Crippen molar-refractivity contribution < 1.29 is 0 Å². The smallest absolute Gasteiger partial charge is 0.00851 e. The van der Waals surface area contributed by atoms with E-state index in [0.29, 0.717) is 10.8 Å². The Balaban J connectivity index is 0.000000741.